The highest BCUT2D eigenvalue weighted by molar-refractivity contribution is 7.98. The summed E-state index contributed by atoms with van der Waals surface area (Å²) in [5.74, 6) is -0.917. The molecule has 0 radical (unpaired) electrons. The summed E-state index contributed by atoms with van der Waals surface area (Å²) in [5.41, 5.74) is 5.47. The minimum absolute atomic E-state index is 0.0235. The van der Waals surface area contributed by atoms with Gasteiger partial charge in [0.15, 0.2) is 5.16 Å². The average molecular weight is 288 g/mol. The number of hydrogen-bond acceptors (Lipinski definition) is 4. The Morgan fingerprint density at radius 1 is 1.22 bits per heavy atom. The van der Waals surface area contributed by atoms with Gasteiger partial charge in [0.05, 0.1) is 0 Å². The second kappa shape index (κ2) is 5.49. The second-order valence-corrected chi connectivity index (χ2v) is 4.72. The van der Waals surface area contributed by atoms with Gasteiger partial charge >= 0.3 is 0 Å². The molecule has 0 saturated heterocycles. The zero-order chi connectivity index (χ0) is 13.1. The lowest BCUT2D eigenvalue weighted by Crippen LogP contribution is -1.97. The molecule has 2 N–H and O–H groups in total. The molecule has 1 heterocycles. The van der Waals surface area contributed by atoms with E-state index in [0.717, 1.165) is 11.8 Å². The Hall–Kier alpha value is -1.40. The molecule has 94 valence electrons. The van der Waals surface area contributed by atoms with Crippen LogP contribution >= 0.6 is 23.4 Å². The molecule has 0 unspecified atom stereocenters. The molecular weight excluding hydrogens is 280 g/mol. The number of anilines is 1. The van der Waals surface area contributed by atoms with Crippen molar-refractivity contribution in [3.05, 3.63) is 46.6 Å². The topological polar surface area (TPSA) is 51.8 Å². The van der Waals surface area contributed by atoms with Crippen LogP contribution in [0.4, 0.5) is 14.6 Å². The highest BCUT2D eigenvalue weighted by Crippen LogP contribution is 2.24. The van der Waals surface area contributed by atoms with Crippen molar-refractivity contribution in [2.75, 3.05) is 5.73 Å². The molecule has 0 aliphatic rings. The number of hydrogen-bond donors (Lipinski definition) is 1. The summed E-state index contributed by atoms with van der Waals surface area (Å²) in [6.45, 7) is 0. The maximum Gasteiger partial charge on any atom is 0.191 e. The van der Waals surface area contributed by atoms with Gasteiger partial charge in [0.2, 0.25) is 0 Å². The molecule has 7 heteroatoms. The number of rotatable bonds is 3. The van der Waals surface area contributed by atoms with Crippen LogP contribution in [-0.2, 0) is 5.75 Å². The van der Waals surface area contributed by atoms with Gasteiger partial charge in [-0.25, -0.2) is 18.7 Å². The van der Waals surface area contributed by atoms with E-state index in [1.165, 1.54) is 24.3 Å². The number of aromatic nitrogens is 2. The van der Waals surface area contributed by atoms with Crippen molar-refractivity contribution in [3.8, 4) is 0 Å². The Morgan fingerprint density at radius 3 is 2.50 bits per heavy atom. The van der Waals surface area contributed by atoms with Gasteiger partial charge in [-0.15, -0.1) is 0 Å². The number of halogens is 3. The van der Waals surface area contributed by atoms with Crippen molar-refractivity contribution in [1.82, 2.24) is 9.97 Å². The molecule has 0 fully saturated rings. The van der Waals surface area contributed by atoms with E-state index in [9.17, 15) is 8.78 Å². The molecule has 0 atom stereocenters. The lowest BCUT2D eigenvalue weighted by molar-refractivity contribution is 0.566. The summed E-state index contributed by atoms with van der Waals surface area (Å²) in [6.07, 6.45) is 0. The Labute approximate surface area is 111 Å². The van der Waals surface area contributed by atoms with Crippen LogP contribution in [0, 0.1) is 11.6 Å². The first-order chi connectivity index (χ1) is 8.56. The minimum atomic E-state index is -0.600. The molecular formula is C11H8ClF2N3S. The molecule has 0 saturated carbocycles. The molecule has 0 spiro atoms. The normalized spacial score (nSPS) is 10.6. The first-order valence-corrected chi connectivity index (χ1v) is 6.28. The van der Waals surface area contributed by atoms with Crippen molar-refractivity contribution in [1.29, 1.82) is 0 Å². The standard InChI is InChI=1S/C11H8ClF2N3S/c12-9-4-10(15)17-11(16-9)18-5-6-7(13)2-1-3-8(6)14/h1-4H,5H2,(H2,15,16,17). The van der Waals surface area contributed by atoms with Gasteiger partial charge < -0.3 is 5.73 Å². The van der Waals surface area contributed by atoms with Crippen LogP contribution < -0.4 is 5.73 Å². The van der Waals surface area contributed by atoms with Crippen molar-refractivity contribution in [3.63, 3.8) is 0 Å². The molecule has 0 aliphatic heterocycles. The fourth-order valence-corrected chi connectivity index (χ4v) is 2.41. The molecule has 1 aromatic heterocycles. The third-order valence-corrected chi connectivity index (χ3v) is 3.17. The highest BCUT2D eigenvalue weighted by Gasteiger charge is 2.10. The highest BCUT2D eigenvalue weighted by atomic mass is 35.5. The maximum absolute atomic E-state index is 13.4. The number of nitrogens with two attached hydrogens (primary N) is 1. The van der Waals surface area contributed by atoms with E-state index in [1.807, 2.05) is 0 Å². The first kappa shape index (κ1) is 13.0. The van der Waals surface area contributed by atoms with Crippen LogP contribution in [-0.4, -0.2) is 9.97 Å². The van der Waals surface area contributed by atoms with Crippen molar-refractivity contribution in [2.24, 2.45) is 0 Å². The van der Waals surface area contributed by atoms with Crippen LogP contribution in [0.3, 0.4) is 0 Å². The average Bonchev–Trinajstić information content (AvgIpc) is 2.27. The van der Waals surface area contributed by atoms with Crippen LogP contribution in [0.5, 0.6) is 0 Å². The van der Waals surface area contributed by atoms with Gasteiger partial charge in [-0.3, -0.25) is 0 Å². The zero-order valence-electron chi connectivity index (χ0n) is 9.03. The SMILES string of the molecule is Nc1cc(Cl)nc(SCc2c(F)cccc2F)n1. The number of nitrogen functional groups attached to an aromatic ring is 1. The third-order valence-electron chi connectivity index (χ3n) is 2.10. The van der Waals surface area contributed by atoms with E-state index >= 15 is 0 Å². The third kappa shape index (κ3) is 3.08. The molecule has 1 aromatic carbocycles. The van der Waals surface area contributed by atoms with Gasteiger partial charge in [0.1, 0.15) is 22.6 Å². The second-order valence-electron chi connectivity index (χ2n) is 3.39. The molecule has 0 amide bonds. The first-order valence-electron chi connectivity index (χ1n) is 4.92. The summed E-state index contributed by atoms with van der Waals surface area (Å²) < 4.78 is 26.7. The van der Waals surface area contributed by atoms with Gasteiger partial charge in [-0.1, -0.05) is 29.4 Å². The fraction of sp³-hybridized carbons (Fsp3) is 0.0909. The lowest BCUT2D eigenvalue weighted by Gasteiger charge is -2.04. The summed E-state index contributed by atoms with van der Waals surface area (Å²) in [6, 6.07) is 5.11. The minimum Gasteiger partial charge on any atom is -0.384 e. The largest absolute Gasteiger partial charge is 0.384 e. The Bertz CT molecular complexity index is 540. The quantitative estimate of drug-likeness (QED) is 0.535. The predicted octanol–water partition coefficient (Wildman–Crippen LogP) is 3.28. The maximum atomic E-state index is 13.4. The van der Waals surface area contributed by atoms with Crippen molar-refractivity contribution in [2.45, 2.75) is 10.9 Å². The molecule has 2 rings (SSSR count). The lowest BCUT2D eigenvalue weighted by atomic mass is 10.2. The Kier molecular flexibility index (Phi) is 3.98. The van der Waals surface area contributed by atoms with Gasteiger partial charge in [-0.2, -0.15) is 0 Å². The molecule has 2 aromatic rings. The van der Waals surface area contributed by atoms with Crippen LogP contribution in [0.15, 0.2) is 29.4 Å². The zero-order valence-corrected chi connectivity index (χ0v) is 10.6. The number of thioether (sulfide) groups is 1. The number of benzene rings is 1. The van der Waals surface area contributed by atoms with Crippen molar-refractivity contribution >= 4 is 29.2 Å². The summed E-state index contributed by atoms with van der Waals surface area (Å²) in [5, 5.41) is 0.474. The summed E-state index contributed by atoms with van der Waals surface area (Å²) in [4.78, 5) is 7.81. The van der Waals surface area contributed by atoms with E-state index in [2.05, 4.69) is 9.97 Å². The number of nitrogens with zero attached hydrogens (tertiary/aromatic N) is 2. The van der Waals surface area contributed by atoms with Crippen LogP contribution in [0.25, 0.3) is 0 Å². The molecule has 0 aliphatic carbocycles. The van der Waals surface area contributed by atoms with E-state index in [0.29, 0.717) is 0 Å². The Morgan fingerprint density at radius 2 is 1.89 bits per heavy atom. The summed E-state index contributed by atoms with van der Waals surface area (Å²) in [7, 11) is 0. The fourth-order valence-electron chi connectivity index (χ4n) is 1.28. The van der Waals surface area contributed by atoms with Crippen LogP contribution in [0.1, 0.15) is 5.56 Å². The predicted molar refractivity (Wildman–Crippen MR) is 67.4 cm³/mol. The van der Waals surface area contributed by atoms with Gasteiger partial charge in [0.25, 0.3) is 0 Å². The molecule has 18 heavy (non-hydrogen) atoms. The van der Waals surface area contributed by atoms with Crippen LogP contribution in [0.2, 0.25) is 5.15 Å². The van der Waals surface area contributed by atoms with E-state index in [-0.39, 0.29) is 27.4 Å². The van der Waals surface area contributed by atoms with E-state index in [1.54, 1.807) is 0 Å². The monoisotopic (exact) mass is 287 g/mol. The van der Waals surface area contributed by atoms with E-state index in [4.69, 9.17) is 17.3 Å². The van der Waals surface area contributed by atoms with Crippen molar-refractivity contribution < 1.29 is 8.78 Å². The summed E-state index contributed by atoms with van der Waals surface area (Å²) >= 11 is 6.77. The molecule has 3 nitrogen and oxygen atoms in total. The van der Waals surface area contributed by atoms with E-state index < -0.39 is 11.6 Å². The Balaban J connectivity index is 2.16. The van der Waals surface area contributed by atoms with Gasteiger partial charge in [-0.05, 0) is 12.1 Å². The smallest absolute Gasteiger partial charge is 0.191 e. The molecule has 0 bridgehead atoms. The van der Waals surface area contributed by atoms with Gasteiger partial charge in [0, 0.05) is 17.4 Å².